The molecule has 3 aromatic rings. The molecule has 2 aromatic carbocycles. The predicted molar refractivity (Wildman–Crippen MR) is 135 cm³/mol. The maximum atomic E-state index is 15.3. The van der Waals surface area contributed by atoms with Gasteiger partial charge < -0.3 is 9.84 Å². The smallest absolute Gasteiger partial charge is 0.126 e. The summed E-state index contributed by atoms with van der Waals surface area (Å²) in [6.07, 6.45) is 2.68. The minimum Gasteiger partial charge on any atom is -0.497 e. The van der Waals surface area contributed by atoms with Crippen molar-refractivity contribution in [3.05, 3.63) is 70.9 Å². The lowest BCUT2D eigenvalue weighted by molar-refractivity contribution is 0.0708. The molecule has 3 atom stereocenters. The molecule has 1 aliphatic rings. The summed E-state index contributed by atoms with van der Waals surface area (Å²) >= 11 is 5.92. The van der Waals surface area contributed by atoms with Crippen LogP contribution in [0.4, 0.5) is 4.39 Å². The number of aromatic nitrogens is 1. The summed E-state index contributed by atoms with van der Waals surface area (Å²) < 4.78 is 20.7. The highest BCUT2D eigenvalue weighted by atomic mass is 35.5. The number of hydrogen-bond donors (Lipinski definition) is 1. The Bertz CT molecular complexity index is 1160. The van der Waals surface area contributed by atoms with E-state index >= 15 is 4.39 Å². The number of pyridine rings is 1. The van der Waals surface area contributed by atoms with Crippen LogP contribution in [0.25, 0.3) is 10.9 Å². The van der Waals surface area contributed by atoms with E-state index in [9.17, 15) is 5.11 Å². The number of hydrogen-bond acceptors (Lipinski definition) is 4. The van der Waals surface area contributed by atoms with Gasteiger partial charge in [-0.25, -0.2) is 4.39 Å². The second-order valence-electron chi connectivity index (χ2n) is 8.86. The molecule has 1 fully saturated rings. The van der Waals surface area contributed by atoms with E-state index < -0.39 is 6.17 Å². The third-order valence-electron chi connectivity index (χ3n) is 6.70. The molecule has 1 aromatic heterocycles. The quantitative estimate of drug-likeness (QED) is 0.442. The topological polar surface area (TPSA) is 45.6 Å². The Morgan fingerprint density at radius 1 is 1.21 bits per heavy atom. The van der Waals surface area contributed by atoms with E-state index in [1.165, 1.54) is 0 Å². The van der Waals surface area contributed by atoms with E-state index in [0.29, 0.717) is 35.2 Å². The van der Waals surface area contributed by atoms with Gasteiger partial charge in [-0.3, -0.25) is 9.88 Å². The van der Waals surface area contributed by atoms with Crippen LogP contribution in [-0.4, -0.2) is 48.3 Å². The molecule has 0 amide bonds. The van der Waals surface area contributed by atoms with Crippen LogP contribution >= 0.6 is 11.6 Å². The average molecular weight is 481 g/mol. The molecule has 0 bridgehead atoms. The Morgan fingerprint density at radius 3 is 2.79 bits per heavy atom. The number of piperidine rings is 1. The number of benzene rings is 2. The van der Waals surface area contributed by atoms with Crippen LogP contribution in [-0.2, 0) is 0 Å². The lowest BCUT2D eigenvalue weighted by Gasteiger charge is -2.37. The first-order valence-electron chi connectivity index (χ1n) is 11.7. The molecule has 34 heavy (non-hydrogen) atoms. The van der Waals surface area contributed by atoms with Gasteiger partial charge in [0.15, 0.2) is 0 Å². The van der Waals surface area contributed by atoms with Crippen molar-refractivity contribution < 1.29 is 14.2 Å². The monoisotopic (exact) mass is 480 g/mol. The summed E-state index contributed by atoms with van der Waals surface area (Å²) in [5.74, 6) is 7.52. The van der Waals surface area contributed by atoms with Crippen LogP contribution < -0.4 is 4.74 Å². The highest BCUT2D eigenvalue weighted by molar-refractivity contribution is 6.30. The van der Waals surface area contributed by atoms with Gasteiger partial charge in [0.1, 0.15) is 11.9 Å². The Labute approximate surface area is 205 Å². The zero-order valence-electron chi connectivity index (χ0n) is 19.4. The summed E-state index contributed by atoms with van der Waals surface area (Å²) in [4.78, 5) is 6.63. The fourth-order valence-corrected chi connectivity index (χ4v) is 4.86. The zero-order valence-corrected chi connectivity index (χ0v) is 20.1. The molecular weight excluding hydrogens is 451 g/mol. The number of fused-ring (bicyclic) bond motifs is 1. The number of likely N-dealkylation sites (tertiary alicyclic amines) is 1. The van der Waals surface area contributed by atoms with Crippen LogP contribution in [0, 0.1) is 23.7 Å². The van der Waals surface area contributed by atoms with Crippen molar-refractivity contribution in [3.8, 4) is 17.6 Å². The van der Waals surface area contributed by atoms with Gasteiger partial charge in [-0.1, -0.05) is 23.4 Å². The van der Waals surface area contributed by atoms with Gasteiger partial charge >= 0.3 is 0 Å². The molecule has 0 spiro atoms. The summed E-state index contributed by atoms with van der Waals surface area (Å²) in [7, 11) is 1.61. The number of rotatable bonds is 7. The van der Waals surface area contributed by atoms with Gasteiger partial charge in [-0.2, -0.15) is 0 Å². The lowest BCUT2D eigenvalue weighted by atomic mass is 9.81. The zero-order chi connectivity index (χ0) is 23.9. The largest absolute Gasteiger partial charge is 0.497 e. The Balaban J connectivity index is 1.33. The highest BCUT2D eigenvalue weighted by Gasteiger charge is 2.29. The van der Waals surface area contributed by atoms with Crippen molar-refractivity contribution in [2.45, 2.75) is 25.4 Å². The summed E-state index contributed by atoms with van der Waals surface area (Å²) in [5, 5.41) is 11.5. The van der Waals surface area contributed by atoms with Gasteiger partial charge in [0.2, 0.25) is 0 Å². The molecule has 0 saturated carbocycles. The fourth-order valence-electron chi connectivity index (χ4n) is 4.74. The molecule has 1 N–H and O–H groups in total. The third-order valence-corrected chi connectivity index (χ3v) is 6.95. The van der Waals surface area contributed by atoms with Crippen molar-refractivity contribution in [2.24, 2.45) is 11.8 Å². The summed E-state index contributed by atoms with van der Waals surface area (Å²) in [5.41, 5.74) is 2.36. The summed E-state index contributed by atoms with van der Waals surface area (Å²) in [6, 6.07) is 14.8. The van der Waals surface area contributed by atoms with E-state index in [-0.39, 0.29) is 12.5 Å². The normalized spacial score (nSPS) is 19.4. The minimum absolute atomic E-state index is 0.109. The first kappa shape index (κ1) is 24.5. The first-order valence-corrected chi connectivity index (χ1v) is 12.1. The Morgan fingerprint density at radius 2 is 2.03 bits per heavy atom. The second kappa shape index (κ2) is 11.7. The van der Waals surface area contributed by atoms with Crippen molar-refractivity contribution in [2.75, 3.05) is 33.4 Å². The van der Waals surface area contributed by atoms with Crippen LogP contribution in [0.5, 0.6) is 5.75 Å². The maximum absolute atomic E-state index is 15.3. The molecule has 4 nitrogen and oxygen atoms in total. The predicted octanol–water partition coefficient (Wildman–Crippen LogP) is 5.67. The van der Waals surface area contributed by atoms with Crippen LogP contribution in [0.2, 0.25) is 5.02 Å². The van der Waals surface area contributed by atoms with Gasteiger partial charge in [0.05, 0.1) is 19.2 Å². The molecule has 2 heterocycles. The third kappa shape index (κ3) is 6.07. The minimum atomic E-state index is -1.08. The van der Waals surface area contributed by atoms with Crippen LogP contribution in [0.15, 0.2) is 54.7 Å². The summed E-state index contributed by atoms with van der Waals surface area (Å²) in [6.45, 7) is 2.45. The number of ether oxygens (including phenoxy) is 1. The highest BCUT2D eigenvalue weighted by Crippen LogP contribution is 2.35. The van der Waals surface area contributed by atoms with Crippen molar-refractivity contribution in [3.63, 3.8) is 0 Å². The maximum Gasteiger partial charge on any atom is 0.126 e. The van der Waals surface area contributed by atoms with Crippen molar-refractivity contribution >= 4 is 22.5 Å². The van der Waals surface area contributed by atoms with E-state index in [1.807, 2.05) is 42.5 Å². The van der Waals surface area contributed by atoms with Gasteiger partial charge in [0, 0.05) is 35.3 Å². The first-order chi connectivity index (χ1) is 16.6. The van der Waals surface area contributed by atoms with E-state index in [0.717, 1.165) is 42.4 Å². The molecule has 1 aliphatic heterocycles. The molecule has 178 valence electrons. The average Bonchev–Trinajstić information content (AvgIpc) is 2.88. The Kier molecular flexibility index (Phi) is 8.39. The molecule has 0 radical (unpaired) electrons. The number of aliphatic hydroxyl groups is 1. The van der Waals surface area contributed by atoms with Crippen LogP contribution in [0.1, 0.15) is 36.6 Å². The molecular formula is C28H30ClFN2O2. The van der Waals surface area contributed by atoms with Gasteiger partial charge in [-0.05, 0) is 91.7 Å². The standard InChI is InChI=1S/C28H30ClFN2O2/c1-34-24-9-11-28-26(17-24)25(12-14-31-28)27(30)10-6-21-13-16-32(18-22(21)19-33)15-2-3-20-4-7-23(29)8-5-20/h4-5,7-9,11-12,14,17,21-22,27,33H,6,10,13,15-16,18-19H2,1H3/t21-,22-,27?/m1/s1. The lowest BCUT2D eigenvalue weighted by Crippen LogP contribution is -2.42. The fraction of sp³-hybridized carbons (Fsp3) is 0.393. The van der Waals surface area contributed by atoms with Gasteiger partial charge in [-0.15, -0.1) is 0 Å². The molecule has 1 unspecified atom stereocenters. The molecule has 0 aliphatic carbocycles. The Hall–Kier alpha value is -2.65. The van der Waals surface area contributed by atoms with Gasteiger partial charge in [0.25, 0.3) is 0 Å². The number of halogens is 2. The SMILES string of the molecule is COc1ccc2nccc(C(F)CC[C@@H]3CCN(CC#Cc4ccc(Cl)cc4)C[C@@H]3CO)c2c1. The van der Waals surface area contributed by atoms with E-state index in [2.05, 4.69) is 21.7 Å². The van der Waals surface area contributed by atoms with Crippen molar-refractivity contribution in [1.82, 2.24) is 9.88 Å². The second-order valence-corrected chi connectivity index (χ2v) is 9.30. The number of methoxy groups -OCH3 is 1. The van der Waals surface area contributed by atoms with Crippen LogP contribution in [0.3, 0.4) is 0 Å². The number of nitrogens with zero attached hydrogens (tertiary/aromatic N) is 2. The molecule has 4 rings (SSSR count). The van der Waals surface area contributed by atoms with E-state index in [1.54, 1.807) is 19.4 Å². The van der Waals surface area contributed by atoms with E-state index in [4.69, 9.17) is 16.3 Å². The molecule has 6 heteroatoms. The number of alkyl halides is 1. The number of aliphatic hydroxyl groups excluding tert-OH is 1. The molecule has 1 saturated heterocycles. The van der Waals surface area contributed by atoms with Crippen molar-refractivity contribution in [1.29, 1.82) is 0 Å².